The number of nitrogens with zero attached hydrogens (tertiary/aromatic N) is 2. The van der Waals surface area contributed by atoms with Crippen molar-refractivity contribution < 1.29 is 0 Å². The Morgan fingerprint density at radius 1 is 1.13 bits per heavy atom. The number of rotatable bonds is 5. The smallest absolute Gasteiger partial charge is 0.157 e. The van der Waals surface area contributed by atoms with Crippen LogP contribution in [0.3, 0.4) is 0 Å². The lowest BCUT2D eigenvalue weighted by Gasteiger charge is -2.38. The van der Waals surface area contributed by atoms with Gasteiger partial charge in [0.2, 0.25) is 0 Å². The maximum absolute atomic E-state index is 4.45. The molecule has 3 heteroatoms. The predicted octanol–water partition coefficient (Wildman–Crippen LogP) is 3.52. The van der Waals surface area contributed by atoms with Gasteiger partial charge in [0.15, 0.2) is 8.24 Å². The summed E-state index contributed by atoms with van der Waals surface area (Å²) in [6.07, 6.45) is 1.88. The second kappa shape index (κ2) is 5.31. The minimum absolute atomic E-state index is 1.13. The molecule has 0 spiro atoms. The molecule has 1 aromatic heterocycles. The van der Waals surface area contributed by atoms with Crippen molar-refractivity contribution in [3.8, 4) is 0 Å². The van der Waals surface area contributed by atoms with Crippen LogP contribution in [-0.2, 0) is 0 Å². The van der Waals surface area contributed by atoms with Crippen LogP contribution in [0.4, 0.5) is 5.82 Å². The molecular formula is C12H22N2Si. The summed E-state index contributed by atoms with van der Waals surface area (Å²) >= 11 is 0. The highest BCUT2D eigenvalue weighted by Crippen LogP contribution is 2.27. The van der Waals surface area contributed by atoms with E-state index in [0.29, 0.717) is 0 Å². The molecule has 0 atom stereocenters. The highest BCUT2D eigenvalue weighted by molar-refractivity contribution is 6.82. The summed E-state index contributed by atoms with van der Waals surface area (Å²) in [7, 11) is 0.923. The molecule has 1 rings (SSSR count). The van der Waals surface area contributed by atoms with Crippen LogP contribution in [0.5, 0.6) is 0 Å². The van der Waals surface area contributed by atoms with E-state index in [1.54, 1.807) is 0 Å². The molecule has 0 amide bonds. The van der Waals surface area contributed by atoms with E-state index >= 15 is 0 Å². The Kier molecular flexibility index (Phi) is 4.33. The third kappa shape index (κ3) is 2.40. The fourth-order valence-electron chi connectivity index (χ4n) is 2.26. The molecular weight excluding hydrogens is 200 g/mol. The Balaban J connectivity index is 2.95. The summed E-state index contributed by atoms with van der Waals surface area (Å²) in [5.41, 5.74) is 0. The Hall–Kier alpha value is -0.833. The van der Waals surface area contributed by atoms with Crippen molar-refractivity contribution in [1.29, 1.82) is 0 Å². The van der Waals surface area contributed by atoms with Gasteiger partial charge in [-0.1, -0.05) is 26.8 Å². The third-order valence-electron chi connectivity index (χ3n) is 3.68. The summed E-state index contributed by atoms with van der Waals surface area (Å²) in [6, 6.07) is 10.1. The first-order chi connectivity index (χ1) is 7.20. The zero-order chi connectivity index (χ0) is 11.3. The van der Waals surface area contributed by atoms with Crippen LogP contribution >= 0.6 is 0 Å². The molecule has 0 unspecified atom stereocenters. The van der Waals surface area contributed by atoms with Crippen LogP contribution in [0, 0.1) is 0 Å². The first-order valence-electron chi connectivity index (χ1n) is 5.85. The van der Waals surface area contributed by atoms with Gasteiger partial charge >= 0.3 is 0 Å². The van der Waals surface area contributed by atoms with E-state index in [1.165, 1.54) is 18.1 Å². The molecule has 0 bridgehead atoms. The maximum atomic E-state index is 4.45. The molecule has 0 saturated carbocycles. The molecule has 0 saturated heterocycles. The standard InChI is InChI=1S/C12H22N2Si/c1-5-15(6-2,7-3)14(4)12-10-8-9-11-13-12/h8-11H,5-7H2,1-4H3. The number of hydrogen-bond donors (Lipinski definition) is 0. The van der Waals surface area contributed by atoms with E-state index in [9.17, 15) is 0 Å². The maximum Gasteiger partial charge on any atom is 0.157 e. The van der Waals surface area contributed by atoms with Gasteiger partial charge in [0.25, 0.3) is 0 Å². The molecule has 0 aliphatic rings. The zero-order valence-corrected chi connectivity index (χ0v) is 11.3. The van der Waals surface area contributed by atoms with E-state index in [1.807, 2.05) is 12.3 Å². The number of hydrogen-bond acceptors (Lipinski definition) is 2. The van der Waals surface area contributed by atoms with E-state index in [2.05, 4.69) is 49.5 Å². The van der Waals surface area contributed by atoms with Gasteiger partial charge in [-0.15, -0.1) is 0 Å². The lowest BCUT2D eigenvalue weighted by atomic mass is 10.5. The summed E-state index contributed by atoms with van der Waals surface area (Å²) in [5, 5.41) is 0. The van der Waals surface area contributed by atoms with Crippen LogP contribution in [0.25, 0.3) is 0 Å². The van der Waals surface area contributed by atoms with Crippen LogP contribution in [0.2, 0.25) is 18.1 Å². The summed E-state index contributed by atoms with van der Waals surface area (Å²) in [5.74, 6) is 1.13. The first kappa shape index (κ1) is 12.2. The molecule has 0 aliphatic heterocycles. The SMILES string of the molecule is CC[Si](CC)(CC)N(C)c1ccccn1. The van der Waals surface area contributed by atoms with Gasteiger partial charge < -0.3 is 4.57 Å². The van der Waals surface area contributed by atoms with E-state index in [4.69, 9.17) is 0 Å². The topological polar surface area (TPSA) is 16.1 Å². The lowest BCUT2D eigenvalue weighted by Crippen LogP contribution is -2.50. The average molecular weight is 222 g/mol. The monoisotopic (exact) mass is 222 g/mol. The fourth-order valence-corrected chi connectivity index (χ4v) is 5.80. The van der Waals surface area contributed by atoms with Crippen molar-refractivity contribution in [2.75, 3.05) is 11.6 Å². The molecule has 0 radical (unpaired) electrons. The van der Waals surface area contributed by atoms with Gasteiger partial charge in [-0.05, 0) is 37.3 Å². The normalized spacial score (nSPS) is 11.5. The third-order valence-corrected chi connectivity index (χ3v) is 9.28. The van der Waals surface area contributed by atoms with E-state index < -0.39 is 8.24 Å². The molecule has 15 heavy (non-hydrogen) atoms. The number of aromatic nitrogens is 1. The van der Waals surface area contributed by atoms with Crippen molar-refractivity contribution in [3.63, 3.8) is 0 Å². The Bertz CT molecular complexity index is 275. The second-order valence-electron chi connectivity index (χ2n) is 4.03. The minimum atomic E-state index is -1.29. The fraction of sp³-hybridized carbons (Fsp3) is 0.583. The lowest BCUT2D eigenvalue weighted by molar-refractivity contribution is 1.05. The van der Waals surface area contributed by atoms with Gasteiger partial charge in [0.05, 0.1) is 0 Å². The summed E-state index contributed by atoms with van der Waals surface area (Å²) < 4.78 is 2.47. The van der Waals surface area contributed by atoms with E-state index in [0.717, 1.165) is 5.82 Å². The Morgan fingerprint density at radius 3 is 2.13 bits per heavy atom. The minimum Gasteiger partial charge on any atom is -0.385 e. The molecule has 84 valence electrons. The second-order valence-corrected chi connectivity index (χ2v) is 9.27. The summed E-state index contributed by atoms with van der Waals surface area (Å²) in [6.45, 7) is 6.95. The number of pyridine rings is 1. The molecule has 2 nitrogen and oxygen atoms in total. The zero-order valence-electron chi connectivity index (χ0n) is 10.3. The van der Waals surface area contributed by atoms with Crippen molar-refractivity contribution in [1.82, 2.24) is 4.98 Å². The molecule has 0 aromatic carbocycles. The summed E-state index contributed by atoms with van der Waals surface area (Å²) in [4.78, 5) is 4.45. The quantitative estimate of drug-likeness (QED) is 0.709. The Labute approximate surface area is 94.4 Å². The van der Waals surface area contributed by atoms with Crippen LogP contribution in [-0.4, -0.2) is 20.3 Å². The van der Waals surface area contributed by atoms with Crippen LogP contribution in [0.1, 0.15) is 20.8 Å². The van der Waals surface area contributed by atoms with Crippen molar-refractivity contribution in [2.24, 2.45) is 0 Å². The number of anilines is 1. The first-order valence-corrected chi connectivity index (χ1v) is 8.42. The molecule has 0 N–H and O–H groups in total. The molecule has 1 heterocycles. The molecule has 1 aromatic rings. The largest absolute Gasteiger partial charge is 0.385 e. The highest BCUT2D eigenvalue weighted by Gasteiger charge is 2.32. The predicted molar refractivity (Wildman–Crippen MR) is 69.8 cm³/mol. The average Bonchev–Trinajstić information content (AvgIpc) is 2.33. The van der Waals surface area contributed by atoms with Gasteiger partial charge in [-0.25, -0.2) is 4.98 Å². The van der Waals surface area contributed by atoms with Gasteiger partial charge in [-0.2, -0.15) is 0 Å². The van der Waals surface area contributed by atoms with Crippen molar-refractivity contribution in [2.45, 2.75) is 38.9 Å². The van der Waals surface area contributed by atoms with Crippen molar-refractivity contribution in [3.05, 3.63) is 24.4 Å². The van der Waals surface area contributed by atoms with Crippen molar-refractivity contribution >= 4 is 14.1 Å². The van der Waals surface area contributed by atoms with E-state index in [-0.39, 0.29) is 0 Å². The van der Waals surface area contributed by atoms with Gasteiger partial charge in [0, 0.05) is 6.20 Å². The highest BCUT2D eigenvalue weighted by atomic mass is 28.3. The molecule has 0 fully saturated rings. The van der Waals surface area contributed by atoms with Crippen LogP contribution < -0.4 is 4.57 Å². The van der Waals surface area contributed by atoms with Gasteiger partial charge in [-0.3, -0.25) is 0 Å². The Morgan fingerprint density at radius 2 is 1.73 bits per heavy atom. The van der Waals surface area contributed by atoms with Crippen LogP contribution in [0.15, 0.2) is 24.4 Å². The van der Waals surface area contributed by atoms with Gasteiger partial charge in [0.1, 0.15) is 5.82 Å². The molecule has 0 aliphatic carbocycles.